The van der Waals surface area contributed by atoms with Crippen molar-refractivity contribution in [1.29, 1.82) is 0 Å². The summed E-state index contributed by atoms with van der Waals surface area (Å²) >= 11 is 0. The van der Waals surface area contributed by atoms with Gasteiger partial charge in [0, 0.05) is 6.08 Å². The van der Waals surface area contributed by atoms with E-state index in [1.54, 1.807) is 24.8 Å². The highest BCUT2D eigenvalue weighted by molar-refractivity contribution is 5.99. The van der Waals surface area contributed by atoms with Crippen LogP contribution in [0, 0.1) is 0 Å². The second-order valence-corrected chi connectivity index (χ2v) is 5.49. The van der Waals surface area contributed by atoms with Crippen LogP contribution in [-0.4, -0.2) is 39.0 Å². The molecule has 0 aliphatic heterocycles. The van der Waals surface area contributed by atoms with E-state index in [2.05, 4.69) is 20.7 Å². The average Bonchev–Trinajstić information content (AvgIpc) is 3.26. The Morgan fingerprint density at radius 1 is 1.11 bits per heavy atom. The van der Waals surface area contributed by atoms with E-state index in [0.29, 0.717) is 5.71 Å². The fourth-order valence-electron chi connectivity index (χ4n) is 2.21. The van der Waals surface area contributed by atoms with Crippen LogP contribution >= 0.6 is 0 Å². The largest absolute Gasteiger partial charge is 0.497 e. The molecule has 0 bridgehead atoms. The van der Waals surface area contributed by atoms with Crippen LogP contribution in [0.2, 0.25) is 0 Å². The van der Waals surface area contributed by atoms with E-state index in [0.717, 1.165) is 22.6 Å². The van der Waals surface area contributed by atoms with Crippen LogP contribution in [0.4, 0.5) is 0 Å². The summed E-state index contributed by atoms with van der Waals surface area (Å²) in [5.74, 6) is 0.191. The van der Waals surface area contributed by atoms with Gasteiger partial charge in [0.2, 0.25) is 0 Å². The van der Waals surface area contributed by atoms with Crippen LogP contribution in [0.3, 0.4) is 0 Å². The highest BCUT2D eigenvalue weighted by Gasteiger charge is 2.03. The van der Waals surface area contributed by atoms with Gasteiger partial charge in [-0.15, -0.1) is 5.10 Å². The lowest BCUT2D eigenvalue weighted by Crippen LogP contribution is -2.01. The molecule has 2 aromatic carbocycles. The maximum absolute atomic E-state index is 11.8. The SMILES string of the molecule is COc1ccc(C=CC(=O)ON=C(C)c2ccc(-n3cnnn3)cc2)cc1. The molecule has 1 aromatic heterocycles. The van der Waals surface area contributed by atoms with Gasteiger partial charge in [-0.2, -0.15) is 0 Å². The molecule has 0 amide bonds. The van der Waals surface area contributed by atoms with E-state index in [9.17, 15) is 4.79 Å². The zero-order valence-electron chi connectivity index (χ0n) is 14.8. The van der Waals surface area contributed by atoms with Crippen LogP contribution in [0.25, 0.3) is 11.8 Å². The first kappa shape index (κ1) is 18.0. The Hall–Kier alpha value is -3.81. The summed E-state index contributed by atoms with van der Waals surface area (Å²) in [5.41, 5.74) is 3.06. The second-order valence-electron chi connectivity index (χ2n) is 5.49. The molecule has 0 N–H and O–H groups in total. The molecule has 0 saturated heterocycles. The molecular weight excluding hydrogens is 346 g/mol. The van der Waals surface area contributed by atoms with Crippen molar-refractivity contribution in [3.05, 3.63) is 72.1 Å². The van der Waals surface area contributed by atoms with Gasteiger partial charge in [-0.05, 0) is 58.8 Å². The summed E-state index contributed by atoms with van der Waals surface area (Å²) in [5, 5.41) is 14.9. The van der Waals surface area contributed by atoms with Crippen molar-refractivity contribution in [3.63, 3.8) is 0 Å². The highest BCUT2D eigenvalue weighted by Crippen LogP contribution is 2.12. The predicted octanol–water partition coefficient (Wildman–Crippen LogP) is 2.65. The minimum Gasteiger partial charge on any atom is -0.497 e. The number of aromatic nitrogens is 4. The maximum Gasteiger partial charge on any atom is 0.358 e. The molecule has 0 atom stereocenters. The summed E-state index contributed by atoms with van der Waals surface area (Å²) in [4.78, 5) is 16.7. The minimum absolute atomic E-state index is 0.560. The third-order valence-corrected chi connectivity index (χ3v) is 3.70. The number of nitrogens with zero attached hydrogens (tertiary/aromatic N) is 5. The standard InChI is InChI=1S/C19H17N5O3/c1-14(16-6-8-17(9-7-16)24-13-20-22-23-24)21-27-19(25)12-5-15-3-10-18(26-2)11-4-15/h3-13H,1-2H3. The lowest BCUT2D eigenvalue weighted by molar-refractivity contribution is -0.137. The van der Waals surface area contributed by atoms with Gasteiger partial charge in [0.05, 0.1) is 18.5 Å². The normalized spacial score (nSPS) is 11.6. The summed E-state index contributed by atoms with van der Waals surface area (Å²) in [6.07, 6.45) is 4.47. The summed E-state index contributed by atoms with van der Waals surface area (Å²) in [7, 11) is 1.60. The molecule has 0 spiro atoms. The van der Waals surface area contributed by atoms with Crippen molar-refractivity contribution in [2.75, 3.05) is 7.11 Å². The molecule has 8 nitrogen and oxygen atoms in total. The van der Waals surface area contributed by atoms with Crippen LogP contribution < -0.4 is 4.74 Å². The molecule has 3 aromatic rings. The maximum atomic E-state index is 11.8. The fourth-order valence-corrected chi connectivity index (χ4v) is 2.21. The number of carbonyl (C=O) groups excluding carboxylic acids is 1. The molecule has 27 heavy (non-hydrogen) atoms. The van der Waals surface area contributed by atoms with E-state index in [-0.39, 0.29) is 0 Å². The van der Waals surface area contributed by atoms with Crippen molar-refractivity contribution >= 4 is 17.8 Å². The minimum atomic E-state index is -0.560. The van der Waals surface area contributed by atoms with Crippen LogP contribution in [0.1, 0.15) is 18.1 Å². The molecule has 0 aliphatic carbocycles. The van der Waals surface area contributed by atoms with Gasteiger partial charge < -0.3 is 9.57 Å². The lowest BCUT2D eigenvalue weighted by Gasteiger charge is -2.02. The van der Waals surface area contributed by atoms with Crippen molar-refractivity contribution in [2.24, 2.45) is 5.16 Å². The molecule has 136 valence electrons. The van der Waals surface area contributed by atoms with Gasteiger partial charge >= 0.3 is 5.97 Å². The van der Waals surface area contributed by atoms with Gasteiger partial charge in [0.15, 0.2) is 0 Å². The first-order valence-electron chi connectivity index (χ1n) is 8.07. The van der Waals surface area contributed by atoms with E-state index < -0.39 is 5.97 Å². The van der Waals surface area contributed by atoms with Gasteiger partial charge in [-0.25, -0.2) is 9.48 Å². The van der Waals surface area contributed by atoms with Crippen molar-refractivity contribution in [3.8, 4) is 11.4 Å². The van der Waals surface area contributed by atoms with E-state index in [4.69, 9.17) is 9.57 Å². The Morgan fingerprint density at radius 3 is 2.48 bits per heavy atom. The van der Waals surface area contributed by atoms with Gasteiger partial charge in [-0.1, -0.05) is 29.4 Å². The zero-order chi connectivity index (χ0) is 19.1. The number of tetrazole rings is 1. The number of benzene rings is 2. The van der Waals surface area contributed by atoms with Crippen LogP contribution in [-0.2, 0) is 9.63 Å². The smallest absolute Gasteiger partial charge is 0.358 e. The van der Waals surface area contributed by atoms with Crippen LogP contribution in [0.15, 0.2) is 66.1 Å². The molecule has 8 heteroatoms. The molecule has 1 heterocycles. The Kier molecular flexibility index (Phi) is 5.68. The predicted molar refractivity (Wildman–Crippen MR) is 99.5 cm³/mol. The van der Waals surface area contributed by atoms with Gasteiger partial charge in [-0.3, -0.25) is 0 Å². The number of carbonyl (C=O) groups is 1. The molecule has 0 fully saturated rings. The van der Waals surface area contributed by atoms with Crippen molar-refractivity contribution in [1.82, 2.24) is 20.2 Å². The quantitative estimate of drug-likeness (QED) is 0.289. The summed E-state index contributed by atoms with van der Waals surface area (Å²) in [6.45, 7) is 1.76. The summed E-state index contributed by atoms with van der Waals surface area (Å²) in [6, 6.07) is 14.7. The molecule has 0 unspecified atom stereocenters. The number of hydrogen-bond donors (Lipinski definition) is 0. The summed E-state index contributed by atoms with van der Waals surface area (Å²) < 4.78 is 6.63. The third kappa shape index (κ3) is 4.85. The fraction of sp³-hybridized carbons (Fsp3) is 0.105. The van der Waals surface area contributed by atoms with E-state index >= 15 is 0 Å². The van der Waals surface area contributed by atoms with Crippen molar-refractivity contribution in [2.45, 2.75) is 6.92 Å². The first-order valence-corrected chi connectivity index (χ1v) is 8.07. The number of methoxy groups -OCH3 is 1. The van der Waals surface area contributed by atoms with Crippen molar-refractivity contribution < 1.29 is 14.4 Å². The second kappa shape index (κ2) is 8.52. The number of rotatable bonds is 6. The van der Waals surface area contributed by atoms with Gasteiger partial charge in [0.25, 0.3) is 0 Å². The number of hydrogen-bond acceptors (Lipinski definition) is 7. The third-order valence-electron chi connectivity index (χ3n) is 3.70. The molecule has 0 radical (unpaired) electrons. The van der Waals surface area contributed by atoms with Gasteiger partial charge in [0.1, 0.15) is 12.1 Å². The zero-order valence-corrected chi connectivity index (χ0v) is 14.8. The first-order chi connectivity index (χ1) is 13.2. The molecular formula is C19H17N5O3. The topological polar surface area (TPSA) is 91.5 Å². The molecule has 3 rings (SSSR count). The Labute approximate surface area is 155 Å². The van der Waals surface area contributed by atoms with E-state index in [1.807, 2.05) is 48.5 Å². The Bertz CT molecular complexity index is 946. The molecule has 0 aliphatic rings. The molecule has 0 saturated carbocycles. The van der Waals surface area contributed by atoms with Crippen LogP contribution in [0.5, 0.6) is 5.75 Å². The highest BCUT2D eigenvalue weighted by atomic mass is 16.7. The average molecular weight is 363 g/mol. The number of oxime groups is 1. The lowest BCUT2D eigenvalue weighted by atomic mass is 10.1. The monoisotopic (exact) mass is 363 g/mol. The number of ether oxygens (including phenoxy) is 1. The Balaban J connectivity index is 1.59. The van der Waals surface area contributed by atoms with E-state index in [1.165, 1.54) is 12.4 Å². The Morgan fingerprint density at radius 2 is 1.85 bits per heavy atom.